The lowest BCUT2D eigenvalue weighted by molar-refractivity contribution is -0.0507. The quantitative estimate of drug-likeness (QED) is 0.718. The number of aromatic nitrogens is 3. The molecule has 0 radical (unpaired) electrons. The third kappa shape index (κ3) is 3.22. The summed E-state index contributed by atoms with van der Waals surface area (Å²) in [7, 11) is 0. The van der Waals surface area contributed by atoms with Crippen LogP contribution in [-0.2, 0) is 0 Å². The van der Waals surface area contributed by atoms with E-state index in [9.17, 15) is 8.78 Å². The van der Waals surface area contributed by atoms with Crippen molar-refractivity contribution in [1.82, 2.24) is 14.8 Å². The number of fused-ring (bicyclic) bond motifs is 1. The minimum atomic E-state index is -2.89. The number of rotatable bonds is 4. The maximum absolute atomic E-state index is 12.8. The molecule has 2 heterocycles. The lowest BCUT2D eigenvalue weighted by atomic mass is 9.93. The first-order chi connectivity index (χ1) is 12.6. The topological polar surface area (TPSA) is 52.0 Å². The highest BCUT2D eigenvalue weighted by atomic mass is 35.5. The summed E-state index contributed by atoms with van der Waals surface area (Å²) in [5, 5.41) is 8.24. The van der Waals surface area contributed by atoms with Gasteiger partial charge in [-0.05, 0) is 30.2 Å². The van der Waals surface area contributed by atoms with Crippen molar-refractivity contribution in [2.24, 2.45) is 0 Å². The Morgan fingerprint density at radius 3 is 2.69 bits per heavy atom. The van der Waals surface area contributed by atoms with Crippen LogP contribution in [0, 0.1) is 0 Å². The fourth-order valence-electron chi connectivity index (χ4n) is 3.25. The van der Waals surface area contributed by atoms with Gasteiger partial charge >= 0.3 is 6.61 Å². The van der Waals surface area contributed by atoms with Gasteiger partial charge < -0.3 is 10.1 Å². The van der Waals surface area contributed by atoms with E-state index >= 15 is 0 Å². The van der Waals surface area contributed by atoms with Gasteiger partial charge in [-0.15, -0.1) is 0 Å². The predicted octanol–water partition coefficient (Wildman–Crippen LogP) is 4.68. The van der Waals surface area contributed by atoms with Crippen LogP contribution < -0.4 is 10.1 Å². The largest absolute Gasteiger partial charge is 0.434 e. The number of nitrogens with one attached hydrogen (secondary N) is 1. The third-order valence-corrected chi connectivity index (χ3v) is 4.65. The molecule has 1 aromatic heterocycles. The zero-order valence-electron chi connectivity index (χ0n) is 13.5. The Hall–Kier alpha value is -2.67. The van der Waals surface area contributed by atoms with Crippen molar-refractivity contribution < 1.29 is 13.5 Å². The van der Waals surface area contributed by atoms with Gasteiger partial charge in [-0.1, -0.05) is 41.9 Å². The van der Waals surface area contributed by atoms with Crippen LogP contribution in [0.3, 0.4) is 0 Å². The van der Waals surface area contributed by atoms with Gasteiger partial charge in [0, 0.05) is 10.6 Å². The average molecular weight is 377 g/mol. The third-order valence-electron chi connectivity index (χ3n) is 4.40. The molecule has 4 rings (SSSR count). The maximum atomic E-state index is 12.8. The zero-order valence-corrected chi connectivity index (χ0v) is 14.3. The van der Waals surface area contributed by atoms with Gasteiger partial charge in [0.25, 0.3) is 0 Å². The molecule has 26 heavy (non-hydrogen) atoms. The van der Waals surface area contributed by atoms with E-state index in [1.54, 1.807) is 22.9 Å². The predicted molar refractivity (Wildman–Crippen MR) is 93.7 cm³/mol. The number of ether oxygens (including phenoxy) is 1. The molecule has 0 saturated carbocycles. The van der Waals surface area contributed by atoms with E-state index in [-0.39, 0.29) is 17.8 Å². The van der Waals surface area contributed by atoms with E-state index in [0.29, 0.717) is 23.0 Å². The zero-order chi connectivity index (χ0) is 18.1. The molecule has 1 aliphatic rings. The molecular formula is C18H15ClF2N4O. The second-order valence-corrected chi connectivity index (χ2v) is 6.38. The Morgan fingerprint density at radius 1 is 1.15 bits per heavy atom. The number of nitrogens with zero attached hydrogens (tertiary/aromatic N) is 3. The lowest BCUT2D eigenvalue weighted by Gasteiger charge is -2.32. The summed E-state index contributed by atoms with van der Waals surface area (Å²) in [5.74, 6) is 0.721. The maximum Gasteiger partial charge on any atom is 0.387 e. The van der Waals surface area contributed by atoms with Gasteiger partial charge in [-0.25, -0.2) is 4.68 Å². The second kappa shape index (κ2) is 6.92. The van der Waals surface area contributed by atoms with E-state index in [0.717, 1.165) is 5.56 Å². The van der Waals surface area contributed by atoms with Gasteiger partial charge in [0.2, 0.25) is 5.95 Å². The molecule has 0 fully saturated rings. The van der Waals surface area contributed by atoms with Crippen molar-refractivity contribution in [3.63, 3.8) is 0 Å². The molecule has 1 N–H and O–H groups in total. The summed E-state index contributed by atoms with van der Waals surface area (Å²) in [5.41, 5.74) is 1.67. The molecule has 2 aromatic carbocycles. The smallest absolute Gasteiger partial charge is 0.387 e. The first-order valence-electron chi connectivity index (χ1n) is 8.07. The molecule has 0 unspecified atom stereocenters. The van der Waals surface area contributed by atoms with E-state index in [4.69, 9.17) is 16.3 Å². The number of para-hydroxylation sites is 1. The Kier molecular flexibility index (Phi) is 4.46. The average Bonchev–Trinajstić information content (AvgIpc) is 3.10. The number of halogens is 3. The van der Waals surface area contributed by atoms with Crippen LogP contribution in [-0.4, -0.2) is 21.4 Å². The lowest BCUT2D eigenvalue weighted by Crippen LogP contribution is -2.28. The van der Waals surface area contributed by atoms with Crippen LogP contribution in [0.4, 0.5) is 14.7 Å². The van der Waals surface area contributed by atoms with E-state index in [1.807, 2.05) is 24.3 Å². The number of hydrogen-bond donors (Lipinski definition) is 1. The minimum absolute atomic E-state index is 0.0615. The summed E-state index contributed by atoms with van der Waals surface area (Å²) in [6.45, 7) is -2.89. The van der Waals surface area contributed by atoms with E-state index in [2.05, 4.69) is 15.4 Å². The van der Waals surface area contributed by atoms with Crippen molar-refractivity contribution in [1.29, 1.82) is 0 Å². The standard InChI is InChI=1S/C18H15ClF2N4O/c19-12-7-5-11(6-8-12)14-9-15(25-18(24-14)22-10-23-25)13-3-1-2-4-16(13)26-17(20)21/h1-8,10,14-15,17H,9H2,(H,22,23,24)/t14-,15+/m0/s1. The number of alkyl halides is 2. The molecule has 8 heteroatoms. The molecule has 3 aromatic rings. The van der Waals surface area contributed by atoms with Crippen molar-refractivity contribution in [2.45, 2.75) is 25.1 Å². The normalized spacial score (nSPS) is 19.1. The highest BCUT2D eigenvalue weighted by Crippen LogP contribution is 2.40. The summed E-state index contributed by atoms with van der Waals surface area (Å²) >= 11 is 5.97. The summed E-state index contributed by atoms with van der Waals surface area (Å²) < 4.78 is 32.0. The fourth-order valence-corrected chi connectivity index (χ4v) is 3.38. The molecular weight excluding hydrogens is 362 g/mol. The van der Waals surface area contributed by atoms with Crippen LogP contribution in [0.1, 0.15) is 29.6 Å². The van der Waals surface area contributed by atoms with Crippen LogP contribution >= 0.6 is 11.6 Å². The number of anilines is 1. The van der Waals surface area contributed by atoms with Crippen molar-refractivity contribution >= 4 is 17.5 Å². The molecule has 134 valence electrons. The molecule has 0 bridgehead atoms. The molecule has 2 atom stereocenters. The van der Waals surface area contributed by atoms with Gasteiger partial charge in [-0.3, -0.25) is 0 Å². The minimum Gasteiger partial charge on any atom is -0.434 e. The molecule has 0 saturated heterocycles. The van der Waals surface area contributed by atoms with Crippen LogP contribution in [0.15, 0.2) is 54.9 Å². The van der Waals surface area contributed by atoms with Gasteiger partial charge in [0.15, 0.2) is 0 Å². The fraction of sp³-hybridized carbons (Fsp3) is 0.222. The summed E-state index contributed by atoms with van der Waals surface area (Å²) in [4.78, 5) is 4.24. The summed E-state index contributed by atoms with van der Waals surface area (Å²) in [6, 6.07) is 13.9. The van der Waals surface area contributed by atoms with Crippen LogP contribution in [0.2, 0.25) is 5.02 Å². The molecule has 5 nitrogen and oxygen atoms in total. The van der Waals surface area contributed by atoms with Gasteiger partial charge in [-0.2, -0.15) is 18.9 Å². The highest BCUT2D eigenvalue weighted by molar-refractivity contribution is 6.30. The van der Waals surface area contributed by atoms with Crippen molar-refractivity contribution in [3.8, 4) is 5.75 Å². The molecule has 0 amide bonds. The number of hydrogen-bond acceptors (Lipinski definition) is 4. The Balaban J connectivity index is 1.73. The van der Waals surface area contributed by atoms with Gasteiger partial charge in [0.1, 0.15) is 12.1 Å². The van der Waals surface area contributed by atoms with E-state index < -0.39 is 6.61 Å². The Labute approximate surface area is 153 Å². The van der Waals surface area contributed by atoms with Crippen molar-refractivity contribution in [3.05, 3.63) is 71.0 Å². The Bertz CT molecular complexity index is 900. The van der Waals surface area contributed by atoms with Crippen LogP contribution in [0.25, 0.3) is 0 Å². The number of benzene rings is 2. The SMILES string of the molecule is FC(F)Oc1ccccc1[C@H]1C[C@@H](c2ccc(Cl)cc2)Nc2ncnn21. The molecule has 0 aliphatic carbocycles. The molecule has 1 aliphatic heterocycles. The second-order valence-electron chi connectivity index (χ2n) is 5.94. The summed E-state index contributed by atoms with van der Waals surface area (Å²) in [6.07, 6.45) is 2.04. The van der Waals surface area contributed by atoms with Gasteiger partial charge in [0.05, 0.1) is 12.1 Å². The monoisotopic (exact) mass is 376 g/mol. The Morgan fingerprint density at radius 2 is 1.92 bits per heavy atom. The highest BCUT2D eigenvalue weighted by Gasteiger charge is 2.31. The van der Waals surface area contributed by atoms with Crippen molar-refractivity contribution in [2.75, 3.05) is 5.32 Å². The first-order valence-corrected chi connectivity index (χ1v) is 8.45. The first kappa shape index (κ1) is 16.8. The van der Waals surface area contributed by atoms with E-state index in [1.165, 1.54) is 12.4 Å². The molecule has 0 spiro atoms. The van der Waals surface area contributed by atoms with Crippen LogP contribution in [0.5, 0.6) is 5.75 Å².